The zero-order valence-electron chi connectivity index (χ0n) is 16.9. The maximum Gasteiger partial charge on any atom is 0.229 e. The van der Waals surface area contributed by atoms with Crippen LogP contribution in [-0.4, -0.2) is 39.8 Å². The highest BCUT2D eigenvalue weighted by molar-refractivity contribution is 7.22. The fourth-order valence-corrected chi connectivity index (χ4v) is 5.16. The average molecular weight is 423 g/mol. The van der Waals surface area contributed by atoms with Gasteiger partial charge in [0.1, 0.15) is 5.75 Å². The number of aromatic nitrogens is 2. The molecule has 5 rings (SSSR count). The van der Waals surface area contributed by atoms with Crippen molar-refractivity contribution in [1.82, 2.24) is 14.9 Å². The maximum atomic E-state index is 13.1. The van der Waals surface area contributed by atoms with Gasteiger partial charge in [0.15, 0.2) is 5.13 Å². The van der Waals surface area contributed by atoms with Crippen molar-refractivity contribution in [2.45, 2.75) is 33.4 Å². The van der Waals surface area contributed by atoms with Crippen molar-refractivity contribution in [3.63, 3.8) is 0 Å². The number of thiazole rings is 1. The second kappa shape index (κ2) is 7.36. The van der Waals surface area contributed by atoms with Gasteiger partial charge in [-0.1, -0.05) is 11.3 Å². The minimum absolute atomic E-state index is 0.0273. The molecule has 2 aliphatic heterocycles. The van der Waals surface area contributed by atoms with Gasteiger partial charge in [0, 0.05) is 37.9 Å². The van der Waals surface area contributed by atoms with E-state index in [1.807, 2.05) is 49.2 Å². The first-order valence-corrected chi connectivity index (χ1v) is 10.9. The zero-order chi connectivity index (χ0) is 20.8. The Morgan fingerprint density at radius 1 is 1.27 bits per heavy atom. The van der Waals surface area contributed by atoms with Gasteiger partial charge in [0.05, 0.1) is 22.7 Å². The molecule has 1 saturated heterocycles. The van der Waals surface area contributed by atoms with Crippen LogP contribution in [0.4, 0.5) is 5.13 Å². The Hall–Kier alpha value is -3.00. The number of carbonyl (C=O) groups is 2. The largest absolute Gasteiger partial charge is 0.494 e. The van der Waals surface area contributed by atoms with Crippen molar-refractivity contribution in [1.29, 1.82) is 0 Å². The topological polar surface area (TPSA) is 75.6 Å². The van der Waals surface area contributed by atoms with Gasteiger partial charge in [-0.15, -0.1) is 0 Å². The number of benzene rings is 1. The highest BCUT2D eigenvalue weighted by Crippen LogP contribution is 2.35. The number of aryl methyl sites for hydroxylation is 1. The number of hydrogen-bond donors (Lipinski definition) is 0. The molecule has 0 aliphatic carbocycles. The van der Waals surface area contributed by atoms with Crippen LogP contribution >= 0.6 is 11.3 Å². The van der Waals surface area contributed by atoms with Gasteiger partial charge in [0.2, 0.25) is 11.8 Å². The molecular weight excluding hydrogens is 400 g/mol. The van der Waals surface area contributed by atoms with E-state index in [0.29, 0.717) is 31.4 Å². The summed E-state index contributed by atoms with van der Waals surface area (Å²) in [6.45, 7) is 6.02. The van der Waals surface area contributed by atoms with Crippen LogP contribution in [0.25, 0.3) is 10.2 Å². The van der Waals surface area contributed by atoms with Crippen molar-refractivity contribution in [2.24, 2.45) is 5.92 Å². The molecule has 2 aromatic heterocycles. The number of carbonyl (C=O) groups excluding carboxylic acids is 2. The van der Waals surface area contributed by atoms with Crippen LogP contribution in [0.3, 0.4) is 0 Å². The van der Waals surface area contributed by atoms with Crippen LogP contribution in [0.2, 0.25) is 0 Å². The van der Waals surface area contributed by atoms with E-state index < -0.39 is 0 Å². The van der Waals surface area contributed by atoms with E-state index in [1.54, 1.807) is 4.90 Å². The van der Waals surface area contributed by atoms with E-state index in [4.69, 9.17) is 4.74 Å². The van der Waals surface area contributed by atoms with Gasteiger partial charge in [0.25, 0.3) is 0 Å². The van der Waals surface area contributed by atoms with Crippen LogP contribution in [-0.2, 0) is 22.7 Å². The number of fused-ring (bicyclic) bond motifs is 2. The van der Waals surface area contributed by atoms with Gasteiger partial charge in [-0.25, -0.2) is 4.98 Å². The molecule has 2 amide bonds. The molecule has 2 aliphatic rings. The first-order valence-electron chi connectivity index (χ1n) is 10.1. The summed E-state index contributed by atoms with van der Waals surface area (Å²) in [5, 5.41) is 0.642. The highest BCUT2D eigenvalue weighted by atomic mass is 32.1. The van der Waals surface area contributed by atoms with Crippen LogP contribution < -0.4 is 9.64 Å². The van der Waals surface area contributed by atoms with Crippen molar-refractivity contribution in [3.8, 4) is 5.75 Å². The van der Waals surface area contributed by atoms with Gasteiger partial charge in [-0.05, 0) is 49.2 Å². The van der Waals surface area contributed by atoms with Crippen LogP contribution in [0.5, 0.6) is 5.75 Å². The third-order valence-corrected chi connectivity index (χ3v) is 6.66. The Labute approximate surface area is 178 Å². The third kappa shape index (κ3) is 3.31. The van der Waals surface area contributed by atoms with Gasteiger partial charge in [-0.2, -0.15) is 0 Å². The van der Waals surface area contributed by atoms with E-state index in [-0.39, 0.29) is 24.2 Å². The molecule has 1 unspecified atom stereocenters. The smallest absolute Gasteiger partial charge is 0.229 e. The van der Waals surface area contributed by atoms with Crippen molar-refractivity contribution < 1.29 is 14.3 Å². The Morgan fingerprint density at radius 2 is 2.10 bits per heavy atom. The van der Waals surface area contributed by atoms with E-state index in [2.05, 4.69) is 9.97 Å². The van der Waals surface area contributed by atoms with Crippen LogP contribution in [0, 0.1) is 12.8 Å². The Morgan fingerprint density at radius 3 is 2.93 bits per heavy atom. The van der Waals surface area contributed by atoms with Gasteiger partial charge < -0.3 is 9.64 Å². The van der Waals surface area contributed by atoms with E-state index >= 15 is 0 Å². The molecule has 3 aromatic rings. The molecule has 7 nitrogen and oxygen atoms in total. The number of anilines is 1. The molecule has 1 fully saturated rings. The number of pyridine rings is 1. The van der Waals surface area contributed by atoms with Crippen molar-refractivity contribution in [2.75, 3.05) is 18.1 Å². The number of hydrogen-bond acceptors (Lipinski definition) is 6. The third-order valence-electron chi connectivity index (χ3n) is 5.62. The molecule has 0 spiro atoms. The summed E-state index contributed by atoms with van der Waals surface area (Å²) >= 11 is 1.46. The van der Waals surface area contributed by atoms with Gasteiger partial charge in [-0.3, -0.25) is 19.5 Å². The first kappa shape index (κ1) is 19.0. The number of nitrogens with zero attached hydrogens (tertiary/aromatic N) is 4. The zero-order valence-corrected chi connectivity index (χ0v) is 17.7. The second-order valence-corrected chi connectivity index (χ2v) is 8.76. The summed E-state index contributed by atoms with van der Waals surface area (Å²) < 4.78 is 6.52. The lowest BCUT2D eigenvalue weighted by molar-refractivity contribution is -0.136. The minimum atomic E-state index is -0.341. The van der Waals surface area contributed by atoms with Crippen molar-refractivity contribution in [3.05, 3.63) is 47.3 Å². The Bertz CT molecular complexity index is 1160. The number of amides is 2. The fraction of sp³-hybridized carbons (Fsp3) is 0.364. The highest BCUT2D eigenvalue weighted by Gasteiger charge is 2.39. The van der Waals surface area contributed by atoms with Gasteiger partial charge >= 0.3 is 0 Å². The molecule has 154 valence electrons. The summed E-state index contributed by atoms with van der Waals surface area (Å²) in [6, 6.07) is 7.77. The summed E-state index contributed by atoms with van der Waals surface area (Å²) in [4.78, 5) is 38.2. The molecule has 8 heteroatoms. The predicted octanol–water partition coefficient (Wildman–Crippen LogP) is 3.29. The quantitative estimate of drug-likeness (QED) is 0.645. The average Bonchev–Trinajstić information content (AvgIpc) is 3.42. The molecule has 30 heavy (non-hydrogen) atoms. The summed E-state index contributed by atoms with van der Waals surface area (Å²) in [6.07, 6.45) is 2.07. The molecule has 4 heterocycles. The first-order chi connectivity index (χ1) is 14.5. The molecule has 1 atom stereocenters. The molecule has 0 bridgehead atoms. The number of ether oxygens (including phenoxy) is 1. The molecule has 0 N–H and O–H groups in total. The standard InChI is InChI=1S/C22H22N4O3S/c1-3-29-17-4-5-18-19(8-17)30-22(24-18)26-12-15(7-20(26)27)21(28)25-10-14-6-13(2)23-9-16(14)11-25/h4-6,8-9,15H,3,7,10-12H2,1-2H3. The normalized spacial score (nSPS) is 18.3. The van der Waals surface area contributed by atoms with Crippen LogP contribution in [0.1, 0.15) is 30.2 Å². The van der Waals surface area contributed by atoms with Crippen molar-refractivity contribution >= 4 is 38.5 Å². The summed E-state index contributed by atoms with van der Waals surface area (Å²) in [5.74, 6) is 0.428. The lowest BCUT2D eigenvalue weighted by Gasteiger charge is -2.19. The molecule has 0 radical (unpaired) electrons. The fourth-order valence-electron chi connectivity index (χ4n) is 4.14. The Kier molecular flexibility index (Phi) is 4.66. The second-order valence-electron chi connectivity index (χ2n) is 7.75. The van der Waals surface area contributed by atoms with Crippen LogP contribution in [0.15, 0.2) is 30.5 Å². The van der Waals surface area contributed by atoms with E-state index in [1.165, 1.54) is 11.3 Å². The monoisotopic (exact) mass is 422 g/mol. The maximum absolute atomic E-state index is 13.1. The predicted molar refractivity (Wildman–Crippen MR) is 114 cm³/mol. The SMILES string of the molecule is CCOc1ccc2nc(N3CC(C(=O)N4Cc5cnc(C)cc5C4)CC3=O)sc2c1. The Balaban J connectivity index is 1.32. The lowest BCUT2D eigenvalue weighted by atomic mass is 10.1. The summed E-state index contributed by atoms with van der Waals surface area (Å²) in [5.41, 5.74) is 4.02. The number of rotatable bonds is 4. The summed E-state index contributed by atoms with van der Waals surface area (Å²) in [7, 11) is 0. The lowest BCUT2D eigenvalue weighted by Crippen LogP contribution is -2.34. The van der Waals surface area contributed by atoms with E-state index in [0.717, 1.165) is 32.8 Å². The van der Waals surface area contributed by atoms with E-state index in [9.17, 15) is 9.59 Å². The molecule has 0 saturated carbocycles. The molecular formula is C22H22N4O3S. The minimum Gasteiger partial charge on any atom is -0.494 e. The molecule has 1 aromatic carbocycles.